The zero-order valence-electron chi connectivity index (χ0n) is 14.2. The molecule has 6 nitrogen and oxygen atoms in total. The molecule has 2 aliphatic rings. The Morgan fingerprint density at radius 2 is 2.09 bits per heavy atom. The fourth-order valence-corrected chi connectivity index (χ4v) is 3.59. The van der Waals surface area contributed by atoms with E-state index in [9.17, 15) is 4.79 Å². The molecule has 0 saturated carbocycles. The number of carbonyl (C=O) groups is 1. The highest BCUT2D eigenvalue weighted by Crippen LogP contribution is 2.32. The maximum absolute atomic E-state index is 12.4. The minimum atomic E-state index is 0.0742. The highest BCUT2D eigenvalue weighted by atomic mass is 16.5. The summed E-state index contributed by atoms with van der Waals surface area (Å²) < 4.78 is 10.8. The number of morpholine rings is 1. The van der Waals surface area contributed by atoms with Gasteiger partial charge in [-0.05, 0) is 33.0 Å². The first-order valence-corrected chi connectivity index (χ1v) is 8.40. The number of likely N-dealkylation sites (tertiary alicyclic amines) is 1. The first-order valence-electron chi connectivity index (χ1n) is 8.40. The van der Waals surface area contributed by atoms with Crippen LogP contribution in [0.5, 0.6) is 0 Å². The largest absolute Gasteiger partial charge is 0.472 e. The number of nitrogens with zero attached hydrogens (tertiary/aromatic N) is 3. The molecule has 2 fully saturated rings. The Balaban J connectivity index is 1.62. The number of piperidine rings is 1. The summed E-state index contributed by atoms with van der Waals surface area (Å²) in [7, 11) is 4.22. The van der Waals surface area contributed by atoms with Crippen LogP contribution in [0.3, 0.4) is 0 Å². The van der Waals surface area contributed by atoms with Gasteiger partial charge < -0.3 is 19.0 Å². The quantitative estimate of drug-likeness (QED) is 0.832. The maximum Gasteiger partial charge on any atom is 0.257 e. The van der Waals surface area contributed by atoms with E-state index in [2.05, 4.69) is 23.9 Å². The molecule has 0 aromatic carbocycles. The van der Waals surface area contributed by atoms with Gasteiger partial charge in [0.25, 0.3) is 5.91 Å². The molecule has 1 aromatic rings. The monoisotopic (exact) mass is 321 g/mol. The Hall–Kier alpha value is -1.37. The van der Waals surface area contributed by atoms with Crippen LogP contribution in [0.25, 0.3) is 0 Å². The van der Waals surface area contributed by atoms with E-state index in [1.165, 1.54) is 6.26 Å². The average Bonchev–Trinajstić information content (AvgIpc) is 3.08. The van der Waals surface area contributed by atoms with Gasteiger partial charge in [-0.3, -0.25) is 9.69 Å². The number of furan rings is 1. The van der Waals surface area contributed by atoms with Gasteiger partial charge in [-0.1, -0.05) is 0 Å². The van der Waals surface area contributed by atoms with Gasteiger partial charge in [-0.15, -0.1) is 0 Å². The molecule has 0 N–H and O–H groups in total. The first-order chi connectivity index (χ1) is 11.1. The number of hydrogen-bond donors (Lipinski definition) is 0. The molecule has 0 bridgehead atoms. The molecule has 2 aliphatic heterocycles. The van der Waals surface area contributed by atoms with Crippen LogP contribution < -0.4 is 0 Å². The van der Waals surface area contributed by atoms with E-state index in [4.69, 9.17) is 9.15 Å². The van der Waals surface area contributed by atoms with E-state index in [0.29, 0.717) is 5.56 Å². The fourth-order valence-electron chi connectivity index (χ4n) is 3.59. The number of amides is 1. The summed E-state index contributed by atoms with van der Waals surface area (Å²) >= 11 is 0. The third-order valence-electron chi connectivity index (χ3n) is 5.11. The van der Waals surface area contributed by atoms with Gasteiger partial charge in [0.1, 0.15) is 6.26 Å². The lowest BCUT2D eigenvalue weighted by Crippen LogP contribution is -2.62. The van der Waals surface area contributed by atoms with E-state index in [-0.39, 0.29) is 11.4 Å². The molecule has 0 radical (unpaired) electrons. The van der Waals surface area contributed by atoms with Gasteiger partial charge >= 0.3 is 0 Å². The van der Waals surface area contributed by atoms with Crippen LogP contribution in [-0.2, 0) is 4.74 Å². The summed E-state index contributed by atoms with van der Waals surface area (Å²) in [6.07, 6.45) is 5.03. The normalized spacial score (nSPS) is 22.0. The van der Waals surface area contributed by atoms with Crippen molar-refractivity contribution in [1.82, 2.24) is 14.7 Å². The number of carbonyl (C=O) groups excluding carboxylic acids is 1. The summed E-state index contributed by atoms with van der Waals surface area (Å²) in [6, 6.07) is 1.74. The average molecular weight is 321 g/mol. The zero-order valence-corrected chi connectivity index (χ0v) is 14.2. The smallest absolute Gasteiger partial charge is 0.257 e. The Morgan fingerprint density at radius 1 is 1.30 bits per heavy atom. The van der Waals surface area contributed by atoms with Crippen LogP contribution in [0.15, 0.2) is 23.0 Å². The summed E-state index contributed by atoms with van der Waals surface area (Å²) in [4.78, 5) is 19.2. The molecule has 0 atom stereocenters. The Kier molecular flexibility index (Phi) is 5.04. The molecule has 1 spiro atoms. The zero-order chi connectivity index (χ0) is 16.3. The van der Waals surface area contributed by atoms with E-state index in [1.54, 1.807) is 12.3 Å². The van der Waals surface area contributed by atoms with E-state index in [1.807, 2.05) is 4.90 Å². The molecule has 23 heavy (non-hydrogen) atoms. The third kappa shape index (κ3) is 3.59. The molecule has 3 heterocycles. The predicted octanol–water partition coefficient (Wildman–Crippen LogP) is 1.15. The summed E-state index contributed by atoms with van der Waals surface area (Å²) in [5.74, 6) is 0.0742. The summed E-state index contributed by atoms with van der Waals surface area (Å²) in [5, 5.41) is 0. The number of hydrogen-bond acceptors (Lipinski definition) is 5. The highest BCUT2D eigenvalue weighted by Gasteiger charge is 2.42. The van der Waals surface area contributed by atoms with Crippen molar-refractivity contribution in [3.63, 3.8) is 0 Å². The van der Waals surface area contributed by atoms with Crippen molar-refractivity contribution in [3.8, 4) is 0 Å². The maximum atomic E-state index is 12.4. The number of likely N-dealkylation sites (N-methyl/N-ethyl adjacent to an activating group) is 1. The molecule has 1 amide bonds. The lowest BCUT2D eigenvalue weighted by Gasteiger charge is -2.51. The van der Waals surface area contributed by atoms with E-state index in [0.717, 1.165) is 58.8 Å². The van der Waals surface area contributed by atoms with Gasteiger partial charge in [0, 0.05) is 38.3 Å². The molecular weight excluding hydrogens is 294 g/mol. The van der Waals surface area contributed by atoms with Crippen molar-refractivity contribution in [1.29, 1.82) is 0 Å². The second-order valence-electron chi connectivity index (χ2n) is 6.87. The third-order valence-corrected chi connectivity index (χ3v) is 5.11. The molecule has 128 valence electrons. The molecule has 6 heteroatoms. The first kappa shape index (κ1) is 16.5. The molecule has 0 aliphatic carbocycles. The SMILES string of the molecule is CN(C)CCN1CCOCC12CCN(C(=O)c1ccoc1)CC2. The standard InChI is InChI=1S/C17H27N3O3/c1-18(2)8-9-20-10-12-23-14-17(20)4-6-19(7-5-17)16(21)15-3-11-22-13-15/h3,11,13H,4-10,12,14H2,1-2H3. The van der Waals surface area contributed by atoms with Crippen LogP contribution in [0, 0.1) is 0 Å². The second-order valence-corrected chi connectivity index (χ2v) is 6.87. The van der Waals surface area contributed by atoms with Gasteiger partial charge in [-0.2, -0.15) is 0 Å². The van der Waals surface area contributed by atoms with Crippen LogP contribution in [0.2, 0.25) is 0 Å². The highest BCUT2D eigenvalue weighted by molar-refractivity contribution is 5.93. The van der Waals surface area contributed by atoms with E-state index >= 15 is 0 Å². The predicted molar refractivity (Wildman–Crippen MR) is 87.5 cm³/mol. The Morgan fingerprint density at radius 3 is 2.74 bits per heavy atom. The van der Waals surface area contributed by atoms with Crippen molar-refractivity contribution >= 4 is 5.91 Å². The van der Waals surface area contributed by atoms with Crippen LogP contribution >= 0.6 is 0 Å². The lowest BCUT2D eigenvalue weighted by atomic mass is 9.85. The Labute approximate surface area is 138 Å². The minimum absolute atomic E-state index is 0.0742. The van der Waals surface area contributed by atoms with Crippen molar-refractivity contribution in [2.24, 2.45) is 0 Å². The molecule has 0 unspecified atom stereocenters. The molecule has 2 saturated heterocycles. The fraction of sp³-hybridized carbons (Fsp3) is 0.706. The topological polar surface area (TPSA) is 49.2 Å². The van der Waals surface area contributed by atoms with Crippen LogP contribution in [0.1, 0.15) is 23.2 Å². The molecular formula is C17H27N3O3. The lowest BCUT2D eigenvalue weighted by molar-refractivity contribution is -0.0927. The molecule has 3 rings (SSSR count). The van der Waals surface area contributed by atoms with Crippen molar-refractivity contribution in [2.75, 3.05) is 60.0 Å². The summed E-state index contributed by atoms with van der Waals surface area (Å²) in [6.45, 7) is 6.27. The Bertz CT molecular complexity index is 507. The van der Waals surface area contributed by atoms with E-state index < -0.39 is 0 Å². The number of ether oxygens (including phenoxy) is 1. The summed E-state index contributed by atoms with van der Waals surface area (Å²) in [5.41, 5.74) is 0.742. The van der Waals surface area contributed by atoms with Crippen LogP contribution in [-0.4, -0.2) is 86.2 Å². The number of rotatable bonds is 4. The minimum Gasteiger partial charge on any atom is -0.472 e. The van der Waals surface area contributed by atoms with Crippen LogP contribution in [0.4, 0.5) is 0 Å². The molecule has 1 aromatic heterocycles. The van der Waals surface area contributed by atoms with Gasteiger partial charge in [-0.25, -0.2) is 0 Å². The van der Waals surface area contributed by atoms with Crippen molar-refractivity contribution in [3.05, 3.63) is 24.2 Å². The van der Waals surface area contributed by atoms with Crippen molar-refractivity contribution in [2.45, 2.75) is 18.4 Å². The van der Waals surface area contributed by atoms with Crippen molar-refractivity contribution < 1.29 is 13.9 Å². The van der Waals surface area contributed by atoms with Gasteiger partial charge in [0.15, 0.2) is 0 Å². The van der Waals surface area contributed by atoms with Gasteiger partial charge in [0.2, 0.25) is 0 Å². The second kappa shape index (κ2) is 7.03. The van der Waals surface area contributed by atoms with Gasteiger partial charge in [0.05, 0.1) is 25.0 Å².